The number of aromatic nitrogens is 6. The summed E-state index contributed by atoms with van der Waals surface area (Å²) in [6.45, 7) is 5.20. The van der Waals surface area contributed by atoms with Crippen molar-refractivity contribution >= 4 is 16.8 Å². The number of hydrogen-bond acceptors (Lipinski definition) is 6. The Morgan fingerprint density at radius 2 is 1.85 bits per heavy atom. The number of rotatable bonds is 5. The number of carbonyl (C=O) groups excluding carboxylic acids is 1. The van der Waals surface area contributed by atoms with Crippen molar-refractivity contribution in [2.45, 2.75) is 26.9 Å². The molecule has 4 aromatic rings. The Hall–Kier alpha value is -4.08. The van der Waals surface area contributed by atoms with Crippen molar-refractivity contribution in [3.8, 4) is 5.82 Å². The molecule has 1 aliphatic heterocycles. The summed E-state index contributed by atoms with van der Waals surface area (Å²) >= 11 is 0. The van der Waals surface area contributed by atoms with E-state index in [-0.39, 0.29) is 29.5 Å². The summed E-state index contributed by atoms with van der Waals surface area (Å²) < 4.78 is 4.47. The summed E-state index contributed by atoms with van der Waals surface area (Å²) in [6, 6.07) is 12.2. The van der Waals surface area contributed by atoms with Crippen LogP contribution in [0.5, 0.6) is 0 Å². The van der Waals surface area contributed by atoms with Crippen LogP contribution in [0.1, 0.15) is 11.4 Å². The van der Waals surface area contributed by atoms with Gasteiger partial charge in [-0.25, -0.2) is 14.3 Å². The van der Waals surface area contributed by atoms with Crippen LogP contribution in [0.4, 0.5) is 0 Å². The van der Waals surface area contributed by atoms with Crippen LogP contribution >= 0.6 is 0 Å². The smallest absolute Gasteiger partial charge is 0.266 e. The quantitative estimate of drug-likeness (QED) is 0.452. The van der Waals surface area contributed by atoms with E-state index in [4.69, 9.17) is 0 Å². The van der Waals surface area contributed by atoms with Gasteiger partial charge in [0.25, 0.3) is 11.1 Å². The van der Waals surface area contributed by atoms with Crippen LogP contribution in [0.15, 0.2) is 58.4 Å². The number of nitrogens with zero attached hydrogens (tertiary/aromatic N) is 7. The molecule has 0 saturated carbocycles. The van der Waals surface area contributed by atoms with Gasteiger partial charge in [-0.2, -0.15) is 5.10 Å². The summed E-state index contributed by atoms with van der Waals surface area (Å²) in [5.74, 6) is 0.541. The fraction of sp³-hybridized carbons (Fsp3) is 0.304. The molecule has 33 heavy (non-hydrogen) atoms. The maximum atomic E-state index is 12.7. The monoisotopic (exact) mass is 445 g/mol. The Kier molecular flexibility index (Phi) is 5.12. The second kappa shape index (κ2) is 8.12. The van der Waals surface area contributed by atoms with E-state index in [1.54, 1.807) is 33.8 Å². The molecule has 4 heterocycles. The molecule has 3 aromatic heterocycles. The lowest BCUT2D eigenvalue weighted by Crippen LogP contribution is -2.53. The van der Waals surface area contributed by atoms with Crippen LogP contribution in [-0.2, 0) is 17.9 Å². The average Bonchev–Trinajstić information content (AvgIpc) is 3.11. The largest absolute Gasteiger partial charge is 0.340 e. The predicted octanol–water partition coefficient (Wildman–Crippen LogP) is 0.914. The van der Waals surface area contributed by atoms with Gasteiger partial charge in [0.05, 0.1) is 29.5 Å². The van der Waals surface area contributed by atoms with Gasteiger partial charge in [0, 0.05) is 30.8 Å². The van der Waals surface area contributed by atoms with Gasteiger partial charge < -0.3 is 4.90 Å². The number of benzene rings is 1. The third kappa shape index (κ3) is 3.95. The van der Waals surface area contributed by atoms with Crippen molar-refractivity contribution in [2.75, 3.05) is 13.1 Å². The molecule has 0 N–H and O–H groups in total. The van der Waals surface area contributed by atoms with E-state index in [1.165, 1.54) is 21.6 Å². The summed E-state index contributed by atoms with van der Waals surface area (Å²) in [4.78, 5) is 43.5. The Morgan fingerprint density at radius 3 is 2.61 bits per heavy atom. The van der Waals surface area contributed by atoms with Crippen LogP contribution in [0.3, 0.4) is 0 Å². The van der Waals surface area contributed by atoms with Crippen LogP contribution in [0.2, 0.25) is 0 Å². The van der Waals surface area contributed by atoms with Crippen LogP contribution in [-0.4, -0.2) is 53.0 Å². The molecular weight excluding hydrogens is 422 g/mol. The number of amides is 1. The van der Waals surface area contributed by atoms with Crippen molar-refractivity contribution in [1.29, 1.82) is 0 Å². The summed E-state index contributed by atoms with van der Waals surface area (Å²) in [5.41, 5.74) is 1.99. The fourth-order valence-corrected chi connectivity index (χ4v) is 4.14. The topological polar surface area (TPSA) is 108 Å². The molecule has 10 nitrogen and oxygen atoms in total. The van der Waals surface area contributed by atoms with Crippen LogP contribution < -0.4 is 11.1 Å². The molecule has 0 atom stereocenters. The Morgan fingerprint density at radius 1 is 1.06 bits per heavy atom. The molecule has 10 heteroatoms. The van der Waals surface area contributed by atoms with E-state index < -0.39 is 0 Å². The Labute approximate surface area is 188 Å². The molecular formula is C23H23N7O3. The van der Waals surface area contributed by atoms with E-state index in [9.17, 15) is 14.4 Å². The lowest BCUT2D eigenvalue weighted by molar-refractivity contribution is -0.138. The number of carbonyl (C=O) groups is 1. The first-order valence-corrected chi connectivity index (χ1v) is 10.7. The summed E-state index contributed by atoms with van der Waals surface area (Å²) in [6.07, 6.45) is 1.41. The van der Waals surface area contributed by atoms with Gasteiger partial charge in [0.2, 0.25) is 5.91 Å². The molecule has 168 valence electrons. The third-order valence-electron chi connectivity index (χ3n) is 5.86. The minimum atomic E-state index is -0.234. The van der Waals surface area contributed by atoms with Gasteiger partial charge in [0.15, 0.2) is 5.82 Å². The zero-order valence-electron chi connectivity index (χ0n) is 18.4. The van der Waals surface area contributed by atoms with E-state index in [0.717, 1.165) is 11.4 Å². The molecule has 0 bridgehead atoms. The van der Waals surface area contributed by atoms with Gasteiger partial charge in [-0.1, -0.05) is 12.1 Å². The number of likely N-dealkylation sites (tertiary alicyclic amines) is 1. The van der Waals surface area contributed by atoms with Crippen molar-refractivity contribution in [1.82, 2.24) is 34.0 Å². The molecule has 1 aromatic carbocycles. The Balaban J connectivity index is 1.24. The first-order chi connectivity index (χ1) is 15.9. The third-order valence-corrected chi connectivity index (χ3v) is 5.86. The highest BCUT2D eigenvalue weighted by atomic mass is 16.2. The van der Waals surface area contributed by atoms with Gasteiger partial charge in [-0.15, -0.1) is 5.10 Å². The molecule has 1 aliphatic rings. The standard InChI is InChI=1S/C23H23N7O3/c1-15-9-16(2)30(25-15)20-7-8-21(31)29(26-20)12-17-10-27(11-17)22(32)13-28-14-24-19-6-4-3-5-18(19)23(28)33/h3-9,14,17H,10-13H2,1-2H3. The highest BCUT2D eigenvalue weighted by Crippen LogP contribution is 2.18. The van der Waals surface area contributed by atoms with E-state index in [1.807, 2.05) is 26.0 Å². The molecule has 0 aliphatic carbocycles. The molecule has 0 spiro atoms. The maximum absolute atomic E-state index is 12.7. The lowest BCUT2D eigenvalue weighted by Gasteiger charge is -2.39. The lowest BCUT2D eigenvalue weighted by atomic mass is 10.00. The fourth-order valence-electron chi connectivity index (χ4n) is 4.14. The summed E-state index contributed by atoms with van der Waals surface area (Å²) in [5, 5.41) is 9.37. The molecule has 1 fully saturated rings. The van der Waals surface area contributed by atoms with Crippen molar-refractivity contribution < 1.29 is 4.79 Å². The van der Waals surface area contributed by atoms with Crippen molar-refractivity contribution in [3.63, 3.8) is 0 Å². The minimum absolute atomic E-state index is 0.0605. The second-order valence-electron chi connectivity index (χ2n) is 8.41. The van der Waals surface area contributed by atoms with Crippen molar-refractivity contribution in [3.05, 3.63) is 80.9 Å². The average molecular weight is 445 g/mol. The first-order valence-electron chi connectivity index (χ1n) is 10.7. The highest BCUT2D eigenvalue weighted by molar-refractivity contribution is 5.79. The van der Waals surface area contributed by atoms with E-state index in [0.29, 0.717) is 36.4 Å². The predicted molar refractivity (Wildman–Crippen MR) is 121 cm³/mol. The highest BCUT2D eigenvalue weighted by Gasteiger charge is 2.31. The van der Waals surface area contributed by atoms with Crippen LogP contribution in [0, 0.1) is 19.8 Å². The number of para-hydroxylation sites is 1. The van der Waals surface area contributed by atoms with Gasteiger partial charge in [-0.3, -0.25) is 19.0 Å². The van der Waals surface area contributed by atoms with E-state index in [2.05, 4.69) is 15.2 Å². The molecule has 0 radical (unpaired) electrons. The molecule has 5 rings (SSSR count). The van der Waals surface area contributed by atoms with E-state index >= 15 is 0 Å². The number of aryl methyl sites for hydroxylation is 2. The zero-order valence-corrected chi connectivity index (χ0v) is 18.4. The van der Waals surface area contributed by atoms with Gasteiger partial charge in [-0.05, 0) is 38.1 Å². The SMILES string of the molecule is Cc1cc(C)n(-c2ccc(=O)n(CC3CN(C(=O)Cn4cnc5ccccc5c4=O)C3)n2)n1. The second-order valence-corrected chi connectivity index (χ2v) is 8.41. The van der Waals surface area contributed by atoms with Crippen molar-refractivity contribution in [2.24, 2.45) is 5.92 Å². The minimum Gasteiger partial charge on any atom is -0.340 e. The number of fused-ring (bicyclic) bond motifs is 1. The first kappa shape index (κ1) is 20.8. The van der Waals surface area contributed by atoms with Crippen LogP contribution in [0.25, 0.3) is 16.7 Å². The Bertz CT molecular complexity index is 1480. The maximum Gasteiger partial charge on any atom is 0.266 e. The summed E-state index contributed by atoms with van der Waals surface area (Å²) in [7, 11) is 0. The molecule has 1 saturated heterocycles. The number of hydrogen-bond donors (Lipinski definition) is 0. The molecule has 1 amide bonds. The molecule has 0 unspecified atom stereocenters. The van der Waals surface area contributed by atoms with Gasteiger partial charge >= 0.3 is 0 Å². The van der Waals surface area contributed by atoms with Gasteiger partial charge in [0.1, 0.15) is 6.54 Å². The zero-order chi connectivity index (χ0) is 23.1. The normalized spacial score (nSPS) is 13.9.